The zero-order valence-corrected chi connectivity index (χ0v) is 14.8. The molecule has 0 fully saturated rings. The van der Waals surface area contributed by atoms with Gasteiger partial charge in [0.15, 0.2) is 0 Å². The molecule has 0 aromatic heterocycles. The van der Waals surface area contributed by atoms with E-state index in [4.69, 9.17) is 5.73 Å². The third-order valence-electron chi connectivity index (χ3n) is 2.79. The minimum Gasteiger partial charge on any atom is -0.330 e. The molecule has 1 aromatic rings. The van der Waals surface area contributed by atoms with Gasteiger partial charge in [-0.2, -0.15) is 0 Å². The maximum absolute atomic E-state index is 13.0. The SMILES string of the molecule is CN(CC(C)(C)CN)S(=O)(=O)c1ccc(F)cc1Br.Cl. The van der Waals surface area contributed by atoms with Crippen LogP contribution in [0.3, 0.4) is 0 Å². The lowest BCUT2D eigenvalue weighted by molar-refractivity contribution is 0.292. The van der Waals surface area contributed by atoms with E-state index in [9.17, 15) is 12.8 Å². The molecule has 1 rings (SSSR count). The molecule has 20 heavy (non-hydrogen) atoms. The molecule has 0 spiro atoms. The van der Waals surface area contributed by atoms with Gasteiger partial charge in [0.2, 0.25) is 10.0 Å². The van der Waals surface area contributed by atoms with Crippen molar-refractivity contribution in [3.05, 3.63) is 28.5 Å². The van der Waals surface area contributed by atoms with Crippen molar-refractivity contribution in [2.75, 3.05) is 20.1 Å². The molecule has 0 atom stereocenters. The normalized spacial score (nSPS) is 12.3. The number of rotatable bonds is 5. The van der Waals surface area contributed by atoms with Gasteiger partial charge in [0.1, 0.15) is 5.82 Å². The third kappa shape index (κ3) is 4.66. The molecule has 0 aliphatic carbocycles. The Morgan fingerprint density at radius 3 is 2.40 bits per heavy atom. The minimum atomic E-state index is -3.67. The van der Waals surface area contributed by atoms with Gasteiger partial charge in [0.05, 0.1) is 4.90 Å². The zero-order chi connectivity index (χ0) is 14.8. The molecule has 0 unspecified atom stereocenters. The van der Waals surface area contributed by atoms with Crippen LogP contribution in [0.2, 0.25) is 0 Å². The van der Waals surface area contributed by atoms with Crippen molar-refractivity contribution in [2.24, 2.45) is 11.1 Å². The molecule has 0 radical (unpaired) electrons. The first-order valence-corrected chi connectivity index (χ1v) is 7.95. The first kappa shape index (κ1) is 19.8. The molecule has 8 heteroatoms. The molecular formula is C12H19BrClFN2O2S. The highest BCUT2D eigenvalue weighted by Crippen LogP contribution is 2.27. The second kappa shape index (κ2) is 7.17. The van der Waals surface area contributed by atoms with E-state index < -0.39 is 15.8 Å². The van der Waals surface area contributed by atoms with Crippen molar-refractivity contribution >= 4 is 38.4 Å². The van der Waals surface area contributed by atoms with Crippen LogP contribution in [0.4, 0.5) is 4.39 Å². The Balaban J connectivity index is 0.00000361. The quantitative estimate of drug-likeness (QED) is 0.842. The van der Waals surface area contributed by atoms with E-state index >= 15 is 0 Å². The van der Waals surface area contributed by atoms with E-state index in [2.05, 4.69) is 15.9 Å². The van der Waals surface area contributed by atoms with Crippen LogP contribution < -0.4 is 5.73 Å². The predicted molar refractivity (Wildman–Crippen MR) is 84.0 cm³/mol. The predicted octanol–water partition coefficient (Wildman–Crippen LogP) is 2.62. The summed E-state index contributed by atoms with van der Waals surface area (Å²) in [4.78, 5) is 0.0456. The van der Waals surface area contributed by atoms with E-state index in [1.807, 2.05) is 13.8 Å². The highest BCUT2D eigenvalue weighted by atomic mass is 79.9. The van der Waals surface area contributed by atoms with E-state index in [1.54, 1.807) is 0 Å². The summed E-state index contributed by atoms with van der Waals surface area (Å²) in [6, 6.07) is 3.51. The molecule has 0 saturated carbocycles. The Morgan fingerprint density at radius 1 is 1.40 bits per heavy atom. The summed E-state index contributed by atoms with van der Waals surface area (Å²) in [5, 5.41) is 0. The fourth-order valence-electron chi connectivity index (χ4n) is 1.60. The van der Waals surface area contributed by atoms with Gasteiger partial charge in [0, 0.05) is 18.1 Å². The topological polar surface area (TPSA) is 63.4 Å². The molecule has 0 aliphatic heterocycles. The summed E-state index contributed by atoms with van der Waals surface area (Å²) in [5.74, 6) is -0.490. The number of halogens is 3. The molecule has 0 bridgehead atoms. The lowest BCUT2D eigenvalue weighted by Gasteiger charge is -2.28. The molecular weight excluding hydrogens is 371 g/mol. The number of hydrogen-bond donors (Lipinski definition) is 1. The zero-order valence-electron chi connectivity index (χ0n) is 11.6. The van der Waals surface area contributed by atoms with Crippen LogP contribution in [-0.2, 0) is 10.0 Å². The molecule has 116 valence electrons. The number of nitrogens with two attached hydrogens (primary N) is 1. The first-order valence-electron chi connectivity index (χ1n) is 5.71. The van der Waals surface area contributed by atoms with Crippen molar-refractivity contribution in [1.29, 1.82) is 0 Å². The van der Waals surface area contributed by atoms with Crippen molar-refractivity contribution in [1.82, 2.24) is 4.31 Å². The van der Waals surface area contributed by atoms with Gasteiger partial charge >= 0.3 is 0 Å². The van der Waals surface area contributed by atoms with Gasteiger partial charge in [-0.25, -0.2) is 17.1 Å². The van der Waals surface area contributed by atoms with Crippen LogP contribution in [0.15, 0.2) is 27.6 Å². The smallest absolute Gasteiger partial charge is 0.243 e. The van der Waals surface area contributed by atoms with Gasteiger partial charge in [-0.3, -0.25) is 0 Å². The highest BCUT2D eigenvalue weighted by molar-refractivity contribution is 9.10. The fraction of sp³-hybridized carbons (Fsp3) is 0.500. The van der Waals surface area contributed by atoms with Crippen LogP contribution in [0.5, 0.6) is 0 Å². The second-order valence-corrected chi connectivity index (χ2v) is 8.07. The molecule has 1 aromatic carbocycles. The summed E-state index contributed by atoms with van der Waals surface area (Å²) in [7, 11) is -2.18. The van der Waals surface area contributed by atoms with Crippen molar-refractivity contribution in [2.45, 2.75) is 18.7 Å². The number of benzene rings is 1. The summed E-state index contributed by atoms with van der Waals surface area (Å²) in [6.45, 7) is 4.44. The third-order valence-corrected chi connectivity index (χ3v) is 5.57. The van der Waals surface area contributed by atoms with Gasteiger partial charge in [-0.15, -0.1) is 12.4 Å². The van der Waals surface area contributed by atoms with Crippen molar-refractivity contribution in [3.63, 3.8) is 0 Å². The molecule has 0 heterocycles. The standard InChI is InChI=1S/C12H18BrFN2O2S.ClH/c1-12(2,7-15)8-16(3)19(17,18)11-5-4-9(14)6-10(11)13;/h4-6H,7-8,15H2,1-3H3;1H. The molecule has 4 nitrogen and oxygen atoms in total. The largest absolute Gasteiger partial charge is 0.330 e. The lowest BCUT2D eigenvalue weighted by Crippen LogP contribution is -2.39. The summed E-state index contributed by atoms with van der Waals surface area (Å²) in [5.41, 5.74) is 5.28. The second-order valence-electron chi connectivity index (χ2n) is 5.20. The lowest BCUT2D eigenvalue weighted by atomic mass is 9.94. The van der Waals surface area contributed by atoms with Gasteiger partial charge in [-0.05, 0) is 46.1 Å². The van der Waals surface area contributed by atoms with Crippen molar-refractivity contribution in [3.8, 4) is 0 Å². The van der Waals surface area contributed by atoms with E-state index in [0.717, 1.165) is 12.1 Å². The van der Waals surface area contributed by atoms with Crippen LogP contribution >= 0.6 is 28.3 Å². The Hall–Kier alpha value is -0.210. The van der Waals surface area contributed by atoms with Crippen LogP contribution in [0.1, 0.15) is 13.8 Å². The molecule has 0 aliphatic rings. The summed E-state index contributed by atoms with van der Waals surface area (Å²) >= 11 is 3.08. The van der Waals surface area contributed by atoms with Gasteiger partial charge in [0.25, 0.3) is 0 Å². The van der Waals surface area contributed by atoms with E-state index in [0.29, 0.717) is 6.54 Å². The van der Waals surface area contributed by atoms with Crippen LogP contribution in [-0.4, -0.2) is 32.9 Å². The molecule has 2 N–H and O–H groups in total. The van der Waals surface area contributed by atoms with Crippen molar-refractivity contribution < 1.29 is 12.8 Å². The Labute approximate surface area is 134 Å². The molecule has 0 saturated heterocycles. The maximum Gasteiger partial charge on any atom is 0.243 e. The van der Waals surface area contributed by atoms with Gasteiger partial charge in [-0.1, -0.05) is 13.8 Å². The van der Waals surface area contributed by atoms with Crippen LogP contribution in [0.25, 0.3) is 0 Å². The number of nitrogens with zero attached hydrogens (tertiary/aromatic N) is 1. The average Bonchev–Trinajstić information content (AvgIpc) is 2.27. The van der Waals surface area contributed by atoms with Crippen LogP contribution in [0, 0.1) is 11.2 Å². The monoisotopic (exact) mass is 388 g/mol. The molecule has 0 amide bonds. The highest BCUT2D eigenvalue weighted by Gasteiger charge is 2.28. The first-order chi connectivity index (χ1) is 8.60. The maximum atomic E-state index is 13.0. The van der Waals surface area contributed by atoms with E-state index in [1.165, 1.54) is 17.4 Å². The van der Waals surface area contributed by atoms with E-state index in [-0.39, 0.29) is 33.7 Å². The fourth-order valence-corrected chi connectivity index (χ4v) is 3.97. The summed E-state index contributed by atoms with van der Waals surface area (Å²) in [6.07, 6.45) is 0. The minimum absolute atomic E-state index is 0. The Bertz CT molecular complexity index is 567. The Kier molecular flexibility index (Phi) is 7.10. The number of sulfonamides is 1. The van der Waals surface area contributed by atoms with Gasteiger partial charge < -0.3 is 5.73 Å². The average molecular weight is 390 g/mol. The summed E-state index contributed by atoms with van der Waals surface area (Å²) < 4.78 is 39.2. The number of hydrogen-bond acceptors (Lipinski definition) is 3. The Morgan fingerprint density at radius 2 is 1.95 bits per heavy atom.